The molecule has 0 bridgehead atoms. The van der Waals surface area contributed by atoms with Crippen LogP contribution < -0.4 is 5.32 Å². The van der Waals surface area contributed by atoms with Crippen LogP contribution in [0, 0.1) is 17.5 Å². The molecule has 0 aliphatic carbocycles. The second kappa shape index (κ2) is 8.36. The van der Waals surface area contributed by atoms with Gasteiger partial charge < -0.3 is 5.32 Å². The number of carbonyl (C=O) groups is 1. The lowest BCUT2D eigenvalue weighted by molar-refractivity contribution is 0.102. The van der Waals surface area contributed by atoms with E-state index < -0.39 is 39.4 Å². The van der Waals surface area contributed by atoms with Gasteiger partial charge in [0.05, 0.1) is 16.6 Å². The quantitative estimate of drug-likeness (QED) is 0.616. The molecule has 7 nitrogen and oxygen atoms in total. The average Bonchev–Trinajstić information content (AvgIpc) is 3.39. The van der Waals surface area contributed by atoms with Gasteiger partial charge >= 0.3 is 0 Å². The highest BCUT2D eigenvalue weighted by Gasteiger charge is 2.38. The number of rotatable bonds is 5. The molecule has 31 heavy (non-hydrogen) atoms. The Bertz CT molecular complexity index is 1250. The Labute approximate surface area is 179 Å². The van der Waals surface area contributed by atoms with Crippen molar-refractivity contribution >= 4 is 33.0 Å². The monoisotopic (exact) mass is 468 g/mol. The van der Waals surface area contributed by atoms with Crippen molar-refractivity contribution < 1.29 is 26.4 Å². The first-order valence-electron chi connectivity index (χ1n) is 9.13. The second-order valence-electron chi connectivity index (χ2n) is 6.75. The smallest absolute Gasteiger partial charge is 0.286 e. The molecule has 0 spiro atoms. The maximum absolute atomic E-state index is 13.8. The van der Waals surface area contributed by atoms with E-state index in [1.165, 1.54) is 16.4 Å². The highest BCUT2D eigenvalue weighted by atomic mass is 32.2. The van der Waals surface area contributed by atoms with Crippen LogP contribution in [0.3, 0.4) is 0 Å². The maximum Gasteiger partial charge on any atom is 0.286 e. The van der Waals surface area contributed by atoms with E-state index in [0.29, 0.717) is 23.9 Å². The number of halogens is 3. The van der Waals surface area contributed by atoms with Gasteiger partial charge in [-0.15, -0.1) is 10.2 Å². The fraction of sp³-hybridized carbons (Fsp3) is 0.211. The summed E-state index contributed by atoms with van der Waals surface area (Å²) >= 11 is 0.874. The predicted molar refractivity (Wildman–Crippen MR) is 106 cm³/mol. The molecule has 162 valence electrons. The Morgan fingerprint density at radius 2 is 1.87 bits per heavy atom. The number of anilines is 1. The third kappa shape index (κ3) is 4.31. The van der Waals surface area contributed by atoms with Crippen molar-refractivity contribution in [3.05, 3.63) is 69.9 Å². The Morgan fingerprint density at radius 3 is 2.61 bits per heavy atom. The van der Waals surface area contributed by atoms with Crippen LogP contribution in [0.1, 0.15) is 33.7 Å². The van der Waals surface area contributed by atoms with Crippen molar-refractivity contribution in [2.75, 3.05) is 11.9 Å². The Morgan fingerprint density at radius 1 is 1.10 bits per heavy atom. The van der Waals surface area contributed by atoms with Gasteiger partial charge in [-0.2, -0.15) is 4.31 Å². The topological polar surface area (TPSA) is 92.3 Å². The summed E-state index contributed by atoms with van der Waals surface area (Å²) < 4.78 is 67.5. The summed E-state index contributed by atoms with van der Waals surface area (Å²) in [6.07, 6.45) is 1.01. The summed E-state index contributed by atoms with van der Waals surface area (Å²) in [6.45, 7) is 0.214. The van der Waals surface area contributed by atoms with E-state index >= 15 is 0 Å². The van der Waals surface area contributed by atoms with Crippen molar-refractivity contribution in [2.24, 2.45) is 0 Å². The molecule has 1 N–H and O–H groups in total. The van der Waals surface area contributed by atoms with Gasteiger partial charge in [-0.25, -0.2) is 21.6 Å². The van der Waals surface area contributed by atoms with Crippen LogP contribution in [0.25, 0.3) is 0 Å². The minimum atomic E-state index is -3.98. The van der Waals surface area contributed by atoms with Crippen molar-refractivity contribution in [1.29, 1.82) is 0 Å². The fourth-order valence-corrected chi connectivity index (χ4v) is 5.91. The number of carbonyl (C=O) groups excluding carboxylic acids is 1. The summed E-state index contributed by atoms with van der Waals surface area (Å²) in [6, 6.07) is 6.77. The van der Waals surface area contributed by atoms with Crippen molar-refractivity contribution in [1.82, 2.24) is 14.5 Å². The number of hydrogen-bond donors (Lipinski definition) is 1. The molecule has 12 heteroatoms. The zero-order chi connectivity index (χ0) is 22.2. The number of hydrogen-bond acceptors (Lipinski definition) is 6. The summed E-state index contributed by atoms with van der Waals surface area (Å²) in [5, 5.41) is 10.2. The standard InChI is InChI=1S/C19H15F3N4O3S2/c20-11-3-1-4-13(9-11)31(28,29)26-8-2-5-16(26)18-24-25-19(30-18)17(27)23-15-7-6-12(21)10-14(15)22/h1,3-4,6-7,9-10,16H,2,5,8H2,(H,23,27)/t16-/m1/s1. The van der Waals surface area contributed by atoms with Crippen molar-refractivity contribution in [3.8, 4) is 0 Å². The Balaban J connectivity index is 1.56. The molecule has 3 aromatic rings. The first kappa shape index (κ1) is 21.4. The van der Waals surface area contributed by atoms with E-state index in [2.05, 4.69) is 15.5 Å². The minimum absolute atomic E-state index is 0.103. The molecule has 1 aromatic heterocycles. The van der Waals surface area contributed by atoms with E-state index in [-0.39, 0.29) is 22.1 Å². The molecule has 1 fully saturated rings. The van der Waals surface area contributed by atoms with Crippen LogP contribution in [0.5, 0.6) is 0 Å². The largest absolute Gasteiger partial charge is 0.317 e. The Hall–Kier alpha value is -2.83. The van der Waals surface area contributed by atoms with Gasteiger partial charge in [-0.1, -0.05) is 17.4 Å². The number of benzene rings is 2. The molecule has 1 saturated heterocycles. The summed E-state index contributed by atoms with van der Waals surface area (Å²) in [7, 11) is -3.98. The van der Waals surface area contributed by atoms with E-state index in [9.17, 15) is 26.4 Å². The molecule has 4 rings (SSSR count). The normalized spacial score (nSPS) is 17.1. The summed E-state index contributed by atoms with van der Waals surface area (Å²) in [5.74, 6) is -3.15. The molecule has 2 heterocycles. The molecule has 0 radical (unpaired) electrons. The van der Waals surface area contributed by atoms with Gasteiger partial charge in [0, 0.05) is 12.6 Å². The van der Waals surface area contributed by atoms with Gasteiger partial charge in [0.25, 0.3) is 5.91 Å². The van der Waals surface area contributed by atoms with Crippen LogP contribution in [-0.4, -0.2) is 35.4 Å². The van der Waals surface area contributed by atoms with Crippen molar-refractivity contribution in [2.45, 2.75) is 23.8 Å². The van der Waals surface area contributed by atoms with Crippen LogP contribution in [0.4, 0.5) is 18.9 Å². The van der Waals surface area contributed by atoms with E-state index in [0.717, 1.165) is 35.6 Å². The van der Waals surface area contributed by atoms with Gasteiger partial charge in [0.15, 0.2) is 0 Å². The second-order valence-corrected chi connectivity index (χ2v) is 9.65. The molecule has 1 amide bonds. The minimum Gasteiger partial charge on any atom is -0.317 e. The molecule has 1 aliphatic rings. The van der Waals surface area contributed by atoms with Gasteiger partial charge in [-0.05, 0) is 43.2 Å². The average molecular weight is 468 g/mol. The van der Waals surface area contributed by atoms with Crippen LogP contribution in [0.2, 0.25) is 0 Å². The highest BCUT2D eigenvalue weighted by Crippen LogP contribution is 2.37. The van der Waals surface area contributed by atoms with E-state index in [4.69, 9.17) is 0 Å². The number of nitrogens with zero attached hydrogens (tertiary/aromatic N) is 3. The van der Waals surface area contributed by atoms with Gasteiger partial charge in [-0.3, -0.25) is 4.79 Å². The number of aromatic nitrogens is 2. The summed E-state index contributed by atoms with van der Waals surface area (Å²) in [5.41, 5.74) is -0.223. The lowest BCUT2D eigenvalue weighted by Gasteiger charge is -2.22. The van der Waals surface area contributed by atoms with Crippen LogP contribution in [0.15, 0.2) is 47.4 Å². The number of nitrogens with one attached hydrogen (secondary N) is 1. The molecule has 0 saturated carbocycles. The lowest BCUT2D eigenvalue weighted by atomic mass is 10.2. The van der Waals surface area contributed by atoms with Gasteiger partial charge in [0.2, 0.25) is 15.0 Å². The van der Waals surface area contributed by atoms with Crippen LogP contribution in [-0.2, 0) is 10.0 Å². The SMILES string of the molecule is O=C(Nc1ccc(F)cc1F)c1nnc([C@H]2CCCN2S(=O)(=O)c2cccc(F)c2)s1. The zero-order valence-corrected chi connectivity index (χ0v) is 17.4. The highest BCUT2D eigenvalue weighted by molar-refractivity contribution is 7.89. The zero-order valence-electron chi connectivity index (χ0n) is 15.8. The third-order valence-corrected chi connectivity index (χ3v) is 7.63. The molecule has 0 unspecified atom stereocenters. The van der Waals surface area contributed by atoms with Gasteiger partial charge in [0.1, 0.15) is 22.5 Å². The van der Waals surface area contributed by atoms with E-state index in [1.807, 2.05) is 0 Å². The maximum atomic E-state index is 13.8. The molecule has 1 aliphatic heterocycles. The predicted octanol–water partition coefficient (Wildman–Crippen LogP) is 3.73. The number of amides is 1. The molecule has 2 aromatic carbocycles. The van der Waals surface area contributed by atoms with Crippen LogP contribution >= 0.6 is 11.3 Å². The molecular formula is C19H15F3N4O3S2. The molecular weight excluding hydrogens is 453 g/mol. The summed E-state index contributed by atoms with van der Waals surface area (Å²) in [4.78, 5) is 12.2. The Kier molecular flexibility index (Phi) is 5.77. The fourth-order valence-electron chi connectivity index (χ4n) is 3.27. The lowest BCUT2D eigenvalue weighted by Crippen LogP contribution is -2.30. The van der Waals surface area contributed by atoms with E-state index in [1.54, 1.807) is 0 Å². The number of sulfonamides is 1. The first-order valence-corrected chi connectivity index (χ1v) is 11.4. The van der Waals surface area contributed by atoms with Crippen molar-refractivity contribution in [3.63, 3.8) is 0 Å². The third-order valence-electron chi connectivity index (χ3n) is 4.71. The molecule has 1 atom stereocenters. The first-order chi connectivity index (χ1) is 14.8.